The molecule has 2 heterocycles. The summed E-state index contributed by atoms with van der Waals surface area (Å²) in [5, 5.41) is 7.21. The molecule has 0 aliphatic heterocycles. The Kier molecular flexibility index (Phi) is 6.78. The van der Waals surface area contributed by atoms with Gasteiger partial charge in [0.25, 0.3) is 5.56 Å². The van der Waals surface area contributed by atoms with E-state index in [4.69, 9.17) is 4.42 Å². The van der Waals surface area contributed by atoms with Crippen molar-refractivity contribution in [3.63, 3.8) is 0 Å². The minimum atomic E-state index is -0.196. The molecule has 0 saturated carbocycles. The van der Waals surface area contributed by atoms with Crippen LogP contribution < -0.4 is 10.9 Å². The SMILES string of the molecule is CCCC(CCC)C(=O)NCCn1nc(-c2ccco2)ccc1=O. The van der Waals surface area contributed by atoms with Crippen LogP contribution in [-0.2, 0) is 11.3 Å². The van der Waals surface area contributed by atoms with Gasteiger partial charge in [-0.3, -0.25) is 9.59 Å². The maximum absolute atomic E-state index is 12.2. The van der Waals surface area contributed by atoms with E-state index >= 15 is 0 Å². The third kappa shape index (κ3) is 4.81. The lowest BCUT2D eigenvalue weighted by atomic mass is 9.97. The van der Waals surface area contributed by atoms with E-state index in [-0.39, 0.29) is 17.4 Å². The van der Waals surface area contributed by atoms with Crippen molar-refractivity contribution < 1.29 is 9.21 Å². The second-order valence-corrected chi connectivity index (χ2v) is 5.82. The van der Waals surface area contributed by atoms with Crippen LogP contribution in [0.4, 0.5) is 0 Å². The molecule has 1 N–H and O–H groups in total. The third-order valence-corrected chi connectivity index (χ3v) is 3.91. The Bertz CT molecular complexity index is 686. The average molecular weight is 331 g/mol. The summed E-state index contributed by atoms with van der Waals surface area (Å²) in [6.07, 6.45) is 5.33. The number of furan rings is 1. The second-order valence-electron chi connectivity index (χ2n) is 5.82. The summed E-state index contributed by atoms with van der Waals surface area (Å²) in [6, 6.07) is 6.66. The predicted octanol–water partition coefficient (Wildman–Crippen LogP) is 2.84. The fourth-order valence-electron chi connectivity index (χ4n) is 2.70. The summed E-state index contributed by atoms with van der Waals surface area (Å²) in [5.74, 6) is 0.729. The van der Waals surface area contributed by atoms with Crippen LogP contribution in [0.3, 0.4) is 0 Å². The maximum Gasteiger partial charge on any atom is 0.266 e. The van der Waals surface area contributed by atoms with E-state index in [1.807, 2.05) is 0 Å². The summed E-state index contributed by atoms with van der Waals surface area (Å²) < 4.78 is 6.65. The summed E-state index contributed by atoms with van der Waals surface area (Å²) in [7, 11) is 0. The van der Waals surface area contributed by atoms with Crippen LogP contribution in [0.1, 0.15) is 39.5 Å². The summed E-state index contributed by atoms with van der Waals surface area (Å²) >= 11 is 0. The number of carbonyl (C=O) groups is 1. The van der Waals surface area contributed by atoms with Gasteiger partial charge in [0.15, 0.2) is 5.76 Å². The quantitative estimate of drug-likeness (QED) is 0.766. The highest BCUT2D eigenvalue weighted by Crippen LogP contribution is 2.15. The Hall–Kier alpha value is -2.37. The van der Waals surface area contributed by atoms with E-state index in [1.165, 1.54) is 10.7 Å². The zero-order valence-electron chi connectivity index (χ0n) is 14.3. The number of carbonyl (C=O) groups excluding carboxylic acids is 1. The number of nitrogens with zero attached hydrogens (tertiary/aromatic N) is 2. The Balaban J connectivity index is 1.95. The highest BCUT2D eigenvalue weighted by molar-refractivity contribution is 5.78. The maximum atomic E-state index is 12.2. The second kappa shape index (κ2) is 9.05. The van der Waals surface area contributed by atoms with Crippen LogP contribution in [0.5, 0.6) is 0 Å². The molecule has 0 radical (unpaired) electrons. The van der Waals surface area contributed by atoms with Crippen molar-refractivity contribution in [2.45, 2.75) is 46.1 Å². The van der Waals surface area contributed by atoms with Crippen molar-refractivity contribution in [1.29, 1.82) is 0 Å². The zero-order valence-corrected chi connectivity index (χ0v) is 14.3. The molecule has 0 atom stereocenters. The molecule has 2 aromatic heterocycles. The molecule has 0 spiro atoms. The lowest BCUT2D eigenvalue weighted by Gasteiger charge is -2.15. The van der Waals surface area contributed by atoms with Crippen molar-refractivity contribution in [2.24, 2.45) is 5.92 Å². The number of aromatic nitrogens is 2. The summed E-state index contributed by atoms with van der Waals surface area (Å²) in [5.41, 5.74) is 0.402. The molecular weight excluding hydrogens is 306 g/mol. The standard InChI is InChI=1S/C18H25N3O3/c1-3-6-14(7-4-2)18(23)19-11-12-21-17(22)10-9-15(20-21)16-8-5-13-24-16/h5,8-10,13-14H,3-4,6-7,11-12H2,1-2H3,(H,19,23). The molecular formula is C18H25N3O3. The molecule has 0 unspecified atom stereocenters. The Labute approximate surface area is 141 Å². The van der Waals surface area contributed by atoms with Gasteiger partial charge >= 0.3 is 0 Å². The van der Waals surface area contributed by atoms with Gasteiger partial charge in [0.1, 0.15) is 5.69 Å². The van der Waals surface area contributed by atoms with Crippen LogP contribution in [0, 0.1) is 5.92 Å². The monoisotopic (exact) mass is 331 g/mol. The molecule has 130 valence electrons. The Morgan fingerprint density at radius 3 is 2.62 bits per heavy atom. The van der Waals surface area contributed by atoms with Crippen LogP contribution in [0.25, 0.3) is 11.5 Å². The molecule has 2 aromatic rings. The highest BCUT2D eigenvalue weighted by Gasteiger charge is 2.16. The first-order valence-corrected chi connectivity index (χ1v) is 8.55. The average Bonchev–Trinajstić information content (AvgIpc) is 3.10. The van der Waals surface area contributed by atoms with Gasteiger partial charge in [-0.1, -0.05) is 26.7 Å². The van der Waals surface area contributed by atoms with E-state index in [2.05, 4.69) is 24.3 Å². The molecule has 0 aromatic carbocycles. The lowest BCUT2D eigenvalue weighted by molar-refractivity contribution is -0.125. The summed E-state index contributed by atoms with van der Waals surface area (Å²) in [6.45, 7) is 4.89. The normalized spacial score (nSPS) is 11.0. The Morgan fingerprint density at radius 1 is 1.25 bits per heavy atom. The number of rotatable bonds is 9. The Morgan fingerprint density at radius 2 is 2.00 bits per heavy atom. The van der Waals surface area contributed by atoms with Gasteiger partial charge in [-0.25, -0.2) is 4.68 Å². The van der Waals surface area contributed by atoms with Crippen molar-refractivity contribution >= 4 is 5.91 Å². The molecule has 6 heteroatoms. The van der Waals surface area contributed by atoms with Gasteiger partial charge < -0.3 is 9.73 Å². The number of hydrogen-bond acceptors (Lipinski definition) is 4. The topological polar surface area (TPSA) is 77.1 Å². The van der Waals surface area contributed by atoms with Crippen LogP contribution in [-0.4, -0.2) is 22.2 Å². The molecule has 2 rings (SSSR count). The van der Waals surface area contributed by atoms with Crippen molar-refractivity contribution in [3.05, 3.63) is 40.9 Å². The molecule has 24 heavy (non-hydrogen) atoms. The predicted molar refractivity (Wildman–Crippen MR) is 92.5 cm³/mol. The first-order valence-electron chi connectivity index (χ1n) is 8.55. The van der Waals surface area contributed by atoms with Crippen molar-refractivity contribution in [3.8, 4) is 11.5 Å². The third-order valence-electron chi connectivity index (χ3n) is 3.91. The lowest BCUT2D eigenvalue weighted by Crippen LogP contribution is -2.35. The molecule has 1 amide bonds. The van der Waals surface area contributed by atoms with E-state index in [9.17, 15) is 9.59 Å². The highest BCUT2D eigenvalue weighted by atomic mass is 16.3. The van der Waals surface area contributed by atoms with Gasteiger partial charge in [0, 0.05) is 18.5 Å². The molecule has 0 fully saturated rings. The van der Waals surface area contributed by atoms with Crippen molar-refractivity contribution in [1.82, 2.24) is 15.1 Å². The fourth-order valence-corrected chi connectivity index (χ4v) is 2.70. The number of amides is 1. The van der Waals surface area contributed by atoms with Crippen LogP contribution >= 0.6 is 0 Å². The van der Waals surface area contributed by atoms with E-state index in [0.717, 1.165) is 25.7 Å². The molecule has 0 aliphatic rings. The summed E-state index contributed by atoms with van der Waals surface area (Å²) in [4.78, 5) is 24.1. The minimum Gasteiger partial charge on any atom is -0.463 e. The van der Waals surface area contributed by atoms with E-state index in [0.29, 0.717) is 24.5 Å². The first kappa shape index (κ1) is 18.0. The molecule has 0 saturated heterocycles. The zero-order chi connectivity index (χ0) is 17.4. The van der Waals surface area contributed by atoms with E-state index < -0.39 is 0 Å². The largest absolute Gasteiger partial charge is 0.463 e. The first-order chi connectivity index (χ1) is 11.7. The molecule has 0 bridgehead atoms. The van der Waals surface area contributed by atoms with Crippen LogP contribution in [0.15, 0.2) is 39.7 Å². The van der Waals surface area contributed by atoms with Gasteiger partial charge in [-0.2, -0.15) is 5.10 Å². The molecule has 0 aliphatic carbocycles. The van der Waals surface area contributed by atoms with Crippen LogP contribution in [0.2, 0.25) is 0 Å². The smallest absolute Gasteiger partial charge is 0.266 e. The van der Waals surface area contributed by atoms with E-state index in [1.54, 1.807) is 24.5 Å². The number of hydrogen-bond donors (Lipinski definition) is 1. The van der Waals surface area contributed by atoms with Gasteiger partial charge in [-0.15, -0.1) is 0 Å². The van der Waals surface area contributed by atoms with Gasteiger partial charge in [-0.05, 0) is 31.0 Å². The number of nitrogens with one attached hydrogen (secondary N) is 1. The van der Waals surface area contributed by atoms with Gasteiger partial charge in [0.2, 0.25) is 5.91 Å². The van der Waals surface area contributed by atoms with Crippen molar-refractivity contribution in [2.75, 3.05) is 6.54 Å². The van der Waals surface area contributed by atoms with Gasteiger partial charge in [0.05, 0.1) is 12.8 Å². The molecule has 6 nitrogen and oxygen atoms in total. The minimum absolute atomic E-state index is 0.0548. The fraction of sp³-hybridized carbons (Fsp3) is 0.500.